The Labute approximate surface area is 123 Å². The van der Waals surface area contributed by atoms with Crippen molar-refractivity contribution in [2.24, 2.45) is 0 Å². The van der Waals surface area contributed by atoms with Gasteiger partial charge in [0.1, 0.15) is 17.3 Å². The van der Waals surface area contributed by atoms with Crippen LogP contribution in [0.2, 0.25) is 5.15 Å². The maximum atomic E-state index is 11.0. The van der Waals surface area contributed by atoms with Crippen LogP contribution in [0.4, 0.5) is 0 Å². The molecule has 0 amide bonds. The highest BCUT2D eigenvalue weighted by molar-refractivity contribution is 9.10. The number of aromatic carboxylic acids is 1. The molecule has 0 bridgehead atoms. The number of hydrogen-bond donors (Lipinski definition) is 1. The van der Waals surface area contributed by atoms with Gasteiger partial charge in [-0.15, -0.1) is 0 Å². The molecule has 0 aliphatic rings. The molecule has 6 heteroatoms. The summed E-state index contributed by atoms with van der Waals surface area (Å²) in [7, 11) is 0. The fraction of sp³-hybridized carbons (Fsp3) is 0.0769. The number of nitrogens with zero attached hydrogens (tertiary/aromatic N) is 1. The normalized spacial score (nSPS) is 10.2. The van der Waals surface area contributed by atoms with E-state index in [-0.39, 0.29) is 23.2 Å². The highest BCUT2D eigenvalue weighted by Gasteiger charge is 2.13. The van der Waals surface area contributed by atoms with Crippen LogP contribution in [0.1, 0.15) is 15.9 Å². The summed E-state index contributed by atoms with van der Waals surface area (Å²) in [5.74, 6) is -1.09. The van der Waals surface area contributed by atoms with Crippen molar-refractivity contribution in [3.05, 3.63) is 57.2 Å². The van der Waals surface area contributed by atoms with Gasteiger partial charge in [0.2, 0.25) is 5.88 Å². The Balaban J connectivity index is 2.19. The van der Waals surface area contributed by atoms with E-state index < -0.39 is 5.97 Å². The van der Waals surface area contributed by atoms with E-state index >= 15 is 0 Å². The number of hydrogen-bond acceptors (Lipinski definition) is 3. The SMILES string of the molecule is O=C(O)c1ccc(Cl)nc1OCc1cccc(Br)c1. The first kappa shape index (κ1) is 13.8. The van der Waals surface area contributed by atoms with Gasteiger partial charge in [-0.1, -0.05) is 39.7 Å². The van der Waals surface area contributed by atoms with E-state index in [2.05, 4.69) is 20.9 Å². The molecule has 0 atom stereocenters. The Kier molecular flexibility index (Phi) is 4.39. The molecule has 0 aliphatic heterocycles. The molecule has 98 valence electrons. The minimum Gasteiger partial charge on any atom is -0.477 e. The van der Waals surface area contributed by atoms with E-state index in [0.29, 0.717) is 0 Å². The zero-order valence-corrected chi connectivity index (χ0v) is 12.0. The summed E-state index contributed by atoms with van der Waals surface area (Å²) in [5, 5.41) is 9.22. The molecule has 0 saturated heterocycles. The van der Waals surface area contributed by atoms with Gasteiger partial charge in [0.25, 0.3) is 0 Å². The van der Waals surface area contributed by atoms with Crippen molar-refractivity contribution in [3.63, 3.8) is 0 Å². The van der Waals surface area contributed by atoms with Crippen molar-refractivity contribution < 1.29 is 14.6 Å². The van der Waals surface area contributed by atoms with Gasteiger partial charge in [-0.25, -0.2) is 9.78 Å². The van der Waals surface area contributed by atoms with E-state index in [0.717, 1.165) is 10.0 Å². The second kappa shape index (κ2) is 6.04. The summed E-state index contributed by atoms with van der Waals surface area (Å²) in [5.41, 5.74) is 0.881. The van der Waals surface area contributed by atoms with Crippen LogP contribution in [0.25, 0.3) is 0 Å². The Morgan fingerprint density at radius 3 is 2.84 bits per heavy atom. The van der Waals surface area contributed by atoms with Crippen LogP contribution in [0.5, 0.6) is 5.88 Å². The Bertz CT molecular complexity index is 619. The predicted molar refractivity (Wildman–Crippen MR) is 74.7 cm³/mol. The Morgan fingerprint density at radius 2 is 2.16 bits per heavy atom. The number of aromatic nitrogens is 1. The fourth-order valence-corrected chi connectivity index (χ4v) is 2.06. The third-order valence-electron chi connectivity index (χ3n) is 2.32. The van der Waals surface area contributed by atoms with Crippen LogP contribution >= 0.6 is 27.5 Å². The van der Waals surface area contributed by atoms with Crippen LogP contribution in [0, 0.1) is 0 Å². The van der Waals surface area contributed by atoms with Gasteiger partial charge in [0, 0.05) is 4.47 Å². The summed E-state index contributed by atoms with van der Waals surface area (Å²) in [6.45, 7) is 0.215. The molecule has 1 heterocycles. The molecule has 0 saturated carbocycles. The zero-order chi connectivity index (χ0) is 13.8. The first-order valence-electron chi connectivity index (χ1n) is 5.33. The third-order valence-corrected chi connectivity index (χ3v) is 3.03. The maximum absolute atomic E-state index is 11.0. The minimum absolute atomic E-state index is 0.0139. The van der Waals surface area contributed by atoms with Crippen LogP contribution < -0.4 is 4.74 Å². The average molecular weight is 343 g/mol. The zero-order valence-electron chi connectivity index (χ0n) is 9.64. The highest BCUT2D eigenvalue weighted by atomic mass is 79.9. The Morgan fingerprint density at radius 1 is 1.37 bits per heavy atom. The lowest BCUT2D eigenvalue weighted by atomic mass is 10.2. The molecule has 2 rings (SSSR count). The van der Waals surface area contributed by atoms with Gasteiger partial charge in [-0.3, -0.25) is 0 Å². The Hall–Kier alpha value is -1.59. The topological polar surface area (TPSA) is 59.4 Å². The predicted octanol–water partition coefficient (Wildman–Crippen LogP) is 3.77. The number of halogens is 2. The van der Waals surface area contributed by atoms with Crippen molar-refractivity contribution >= 4 is 33.5 Å². The van der Waals surface area contributed by atoms with Gasteiger partial charge in [0.15, 0.2) is 0 Å². The fourth-order valence-electron chi connectivity index (χ4n) is 1.47. The molecule has 0 radical (unpaired) electrons. The van der Waals surface area contributed by atoms with Crippen LogP contribution in [-0.4, -0.2) is 16.1 Å². The van der Waals surface area contributed by atoms with E-state index in [1.165, 1.54) is 12.1 Å². The lowest BCUT2D eigenvalue weighted by Gasteiger charge is -2.08. The lowest BCUT2D eigenvalue weighted by molar-refractivity contribution is 0.0690. The van der Waals surface area contributed by atoms with Gasteiger partial charge >= 0.3 is 5.97 Å². The molecule has 0 unspecified atom stereocenters. The van der Waals surface area contributed by atoms with Gasteiger partial charge in [-0.2, -0.15) is 0 Å². The molecular weight excluding hydrogens is 334 g/mol. The van der Waals surface area contributed by atoms with Crippen LogP contribution in [-0.2, 0) is 6.61 Å². The van der Waals surface area contributed by atoms with Gasteiger partial charge in [-0.05, 0) is 29.8 Å². The number of carbonyl (C=O) groups is 1. The lowest BCUT2D eigenvalue weighted by Crippen LogP contribution is -2.05. The number of ether oxygens (including phenoxy) is 1. The van der Waals surface area contributed by atoms with E-state index in [1.807, 2.05) is 24.3 Å². The number of benzene rings is 1. The van der Waals surface area contributed by atoms with Crippen LogP contribution in [0.3, 0.4) is 0 Å². The average Bonchev–Trinajstić information content (AvgIpc) is 2.36. The van der Waals surface area contributed by atoms with Crippen molar-refractivity contribution in [1.82, 2.24) is 4.98 Å². The minimum atomic E-state index is -1.10. The standard InChI is InChI=1S/C13H9BrClNO3/c14-9-3-1-2-8(6-9)7-19-12-10(13(17)18)4-5-11(15)16-12/h1-6H,7H2,(H,17,18). The smallest absolute Gasteiger partial charge is 0.341 e. The second-order valence-electron chi connectivity index (χ2n) is 3.71. The second-order valence-corrected chi connectivity index (χ2v) is 5.01. The van der Waals surface area contributed by atoms with Gasteiger partial charge < -0.3 is 9.84 Å². The summed E-state index contributed by atoms with van der Waals surface area (Å²) < 4.78 is 6.35. The monoisotopic (exact) mass is 341 g/mol. The summed E-state index contributed by atoms with van der Waals surface area (Å²) in [6, 6.07) is 10.3. The molecule has 0 aliphatic carbocycles. The van der Waals surface area contributed by atoms with Crippen LogP contribution in [0.15, 0.2) is 40.9 Å². The molecule has 19 heavy (non-hydrogen) atoms. The number of carboxylic acids is 1. The molecule has 1 aromatic heterocycles. The first-order valence-corrected chi connectivity index (χ1v) is 6.50. The summed E-state index contributed by atoms with van der Waals surface area (Å²) in [6.07, 6.45) is 0. The number of rotatable bonds is 4. The first-order chi connectivity index (χ1) is 9.06. The molecule has 0 fully saturated rings. The number of pyridine rings is 1. The number of carboxylic acid groups (broad SMARTS) is 1. The molecule has 1 aromatic carbocycles. The van der Waals surface area contributed by atoms with Crippen molar-refractivity contribution in [1.29, 1.82) is 0 Å². The maximum Gasteiger partial charge on any atom is 0.341 e. The van der Waals surface area contributed by atoms with E-state index in [4.69, 9.17) is 21.4 Å². The third kappa shape index (κ3) is 3.68. The van der Waals surface area contributed by atoms with Crippen molar-refractivity contribution in [2.45, 2.75) is 6.61 Å². The molecule has 0 spiro atoms. The van der Waals surface area contributed by atoms with E-state index in [1.54, 1.807) is 0 Å². The quantitative estimate of drug-likeness (QED) is 0.859. The molecule has 2 aromatic rings. The largest absolute Gasteiger partial charge is 0.477 e. The summed E-state index contributed by atoms with van der Waals surface area (Å²) >= 11 is 9.09. The summed E-state index contributed by atoms with van der Waals surface area (Å²) in [4.78, 5) is 14.9. The van der Waals surface area contributed by atoms with Crippen molar-refractivity contribution in [3.8, 4) is 5.88 Å². The van der Waals surface area contributed by atoms with Gasteiger partial charge in [0.05, 0.1) is 0 Å². The van der Waals surface area contributed by atoms with Crippen molar-refractivity contribution in [2.75, 3.05) is 0 Å². The molecule has 4 nitrogen and oxygen atoms in total. The molecular formula is C13H9BrClNO3. The molecule has 1 N–H and O–H groups in total. The highest BCUT2D eigenvalue weighted by Crippen LogP contribution is 2.21. The van der Waals surface area contributed by atoms with E-state index in [9.17, 15) is 4.79 Å².